The molecule has 98 valence electrons. The van der Waals surface area contributed by atoms with Crippen LogP contribution in [0, 0.1) is 11.2 Å². The highest BCUT2D eigenvalue weighted by molar-refractivity contribution is 9.10. The molecular formula is C15H19BrFN. The van der Waals surface area contributed by atoms with Gasteiger partial charge in [-0.2, -0.15) is 0 Å². The van der Waals surface area contributed by atoms with Gasteiger partial charge in [-0.25, -0.2) is 4.39 Å². The lowest BCUT2D eigenvalue weighted by Crippen LogP contribution is -2.33. The molecule has 1 aromatic rings. The number of benzene rings is 1. The predicted octanol–water partition coefficient (Wildman–Crippen LogP) is 4.08. The molecule has 0 bridgehead atoms. The van der Waals surface area contributed by atoms with Crippen LogP contribution in [0.5, 0.6) is 0 Å². The second kappa shape index (κ2) is 5.54. The fourth-order valence-electron chi connectivity index (χ4n) is 1.99. The van der Waals surface area contributed by atoms with Crippen molar-refractivity contribution in [3.05, 3.63) is 46.7 Å². The third-order valence-corrected chi connectivity index (χ3v) is 4.06. The van der Waals surface area contributed by atoms with Crippen molar-refractivity contribution >= 4 is 15.9 Å². The third-order valence-electron chi connectivity index (χ3n) is 3.46. The first-order valence-corrected chi connectivity index (χ1v) is 7.13. The Bertz CT molecular complexity index is 442. The summed E-state index contributed by atoms with van der Waals surface area (Å²) in [6, 6.07) is 5.91. The van der Waals surface area contributed by atoms with E-state index in [1.807, 2.05) is 18.2 Å². The van der Waals surface area contributed by atoms with Crippen LogP contribution in [0.2, 0.25) is 0 Å². The summed E-state index contributed by atoms with van der Waals surface area (Å²) in [5.74, 6) is -0.213. The second-order valence-electron chi connectivity index (χ2n) is 5.44. The van der Waals surface area contributed by atoms with Crippen LogP contribution in [0.4, 0.5) is 4.39 Å². The lowest BCUT2D eigenvalue weighted by molar-refractivity contribution is 0.389. The van der Waals surface area contributed by atoms with Crippen molar-refractivity contribution in [2.75, 3.05) is 6.54 Å². The fraction of sp³-hybridized carbons (Fsp3) is 0.467. The molecule has 18 heavy (non-hydrogen) atoms. The van der Waals surface area contributed by atoms with Gasteiger partial charge in [0.05, 0.1) is 4.47 Å². The largest absolute Gasteiger partial charge is 0.313 e. The molecule has 1 aliphatic rings. The number of rotatable bonds is 6. The van der Waals surface area contributed by atoms with Gasteiger partial charge in [0.25, 0.3) is 0 Å². The summed E-state index contributed by atoms with van der Waals surface area (Å²) < 4.78 is 13.7. The Kier molecular flexibility index (Phi) is 4.23. The van der Waals surface area contributed by atoms with E-state index < -0.39 is 0 Å². The summed E-state index contributed by atoms with van der Waals surface area (Å²) in [5.41, 5.74) is 1.14. The van der Waals surface area contributed by atoms with E-state index in [0.717, 1.165) is 18.5 Å². The molecule has 0 saturated heterocycles. The van der Waals surface area contributed by atoms with E-state index in [4.69, 9.17) is 0 Å². The van der Waals surface area contributed by atoms with Crippen molar-refractivity contribution in [1.82, 2.24) is 5.32 Å². The van der Waals surface area contributed by atoms with Gasteiger partial charge in [0.2, 0.25) is 0 Å². The van der Waals surface area contributed by atoms with E-state index in [2.05, 4.69) is 34.7 Å². The predicted molar refractivity (Wildman–Crippen MR) is 77.1 cm³/mol. The Labute approximate surface area is 117 Å². The van der Waals surface area contributed by atoms with Crippen LogP contribution in [0.1, 0.15) is 25.3 Å². The number of halogens is 2. The molecular weight excluding hydrogens is 293 g/mol. The number of hydrogen-bond donors (Lipinski definition) is 1. The average molecular weight is 312 g/mol. The van der Waals surface area contributed by atoms with Crippen molar-refractivity contribution in [2.45, 2.75) is 32.2 Å². The highest BCUT2D eigenvalue weighted by Gasteiger charge is 2.26. The zero-order chi connectivity index (χ0) is 13.2. The molecule has 0 aliphatic heterocycles. The minimum Gasteiger partial charge on any atom is -0.313 e. The minimum atomic E-state index is -0.213. The molecule has 1 aromatic carbocycles. The van der Waals surface area contributed by atoms with Crippen molar-refractivity contribution in [3.8, 4) is 0 Å². The molecule has 0 aromatic heterocycles. The van der Waals surface area contributed by atoms with Crippen LogP contribution in [0.3, 0.4) is 0 Å². The fourth-order valence-corrected chi connectivity index (χ4v) is 2.41. The first kappa shape index (κ1) is 13.8. The van der Waals surface area contributed by atoms with Gasteiger partial charge in [-0.15, -0.1) is 6.58 Å². The maximum Gasteiger partial charge on any atom is 0.137 e. The zero-order valence-corrected chi connectivity index (χ0v) is 12.3. The summed E-state index contributed by atoms with van der Waals surface area (Å²) in [5, 5.41) is 3.54. The molecule has 3 heteroatoms. The van der Waals surface area contributed by atoms with Crippen LogP contribution in [-0.4, -0.2) is 12.6 Å². The molecule has 0 heterocycles. The van der Waals surface area contributed by atoms with E-state index in [-0.39, 0.29) is 11.2 Å². The van der Waals surface area contributed by atoms with E-state index >= 15 is 0 Å². The highest BCUT2D eigenvalue weighted by atomic mass is 79.9. The van der Waals surface area contributed by atoms with Crippen LogP contribution < -0.4 is 5.32 Å². The average Bonchev–Trinajstić information content (AvgIpc) is 3.16. The Morgan fingerprint density at radius 1 is 1.56 bits per heavy atom. The zero-order valence-electron chi connectivity index (χ0n) is 10.7. The lowest BCUT2D eigenvalue weighted by atomic mass is 9.83. The van der Waals surface area contributed by atoms with Crippen molar-refractivity contribution in [3.63, 3.8) is 0 Å². The van der Waals surface area contributed by atoms with Crippen molar-refractivity contribution in [1.29, 1.82) is 0 Å². The van der Waals surface area contributed by atoms with E-state index in [9.17, 15) is 4.39 Å². The van der Waals surface area contributed by atoms with Crippen LogP contribution >= 0.6 is 15.9 Å². The molecule has 0 spiro atoms. The molecule has 0 amide bonds. The molecule has 1 fully saturated rings. The summed E-state index contributed by atoms with van der Waals surface area (Å²) in [7, 11) is 0. The first-order chi connectivity index (χ1) is 8.52. The molecule has 1 atom stereocenters. The van der Waals surface area contributed by atoms with Gasteiger partial charge >= 0.3 is 0 Å². The van der Waals surface area contributed by atoms with Gasteiger partial charge < -0.3 is 5.32 Å². The standard InChI is InChI=1S/C15H19BrFN/c1-3-15(2,10-18-12-5-6-12)9-11-4-7-14(17)13(16)8-11/h3-4,7-8,12,18H,1,5-6,9-10H2,2H3. The van der Waals surface area contributed by atoms with Gasteiger partial charge in [0.15, 0.2) is 0 Å². The number of nitrogens with one attached hydrogen (secondary N) is 1. The van der Waals surface area contributed by atoms with Gasteiger partial charge in [0.1, 0.15) is 5.82 Å². The van der Waals surface area contributed by atoms with E-state index in [1.54, 1.807) is 0 Å². The summed E-state index contributed by atoms with van der Waals surface area (Å²) in [6.07, 6.45) is 5.44. The Hall–Kier alpha value is -0.670. The summed E-state index contributed by atoms with van der Waals surface area (Å²) in [6.45, 7) is 7.06. The maximum absolute atomic E-state index is 13.2. The Morgan fingerprint density at radius 3 is 2.83 bits per heavy atom. The van der Waals surface area contributed by atoms with Gasteiger partial charge in [0, 0.05) is 18.0 Å². The van der Waals surface area contributed by atoms with Gasteiger partial charge in [-0.05, 0) is 52.9 Å². The Balaban J connectivity index is 2.02. The topological polar surface area (TPSA) is 12.0 Å². The smallest absolute Gasteiger partial charge is 0.137 e. The molecule has 1 saturated carbocycles. The summed E-state index contributed by atoms with van der Waals surface area (Å²) in [4.78, 5) is 0. The molecule has 1 unspecified atom stereocenters. The second-order valence-corrected chi connectivity index (χ2v) is 6.29. The molecule has 0 radical (unpaired) electrons. The normalized spacial score (nSPS) is 18.4. The summed E-state index contributed by atoms with van der Waals surface area (Å²) >= 11 is 3.23. The monoisotopic (exact) mass is 311 g/mol. The molecule has 2 rings (SSSR count). The van der Waals surface area contributed by atoms with Gasteiger partial charge in [-0.3, -0.25) is 0 Å². The quantitative estimate of drug-likeness (QED) is 0.781. The first-order valence-electron chi connectivity index (χ1n) is 6.33. The third kappa shape index (κ3) is 3.66. The molecule has 1 aliphatic carbocycles. The van der Waals surface area contributed by atoms with Crippen LogP contribution in [-0.2, 0) is 6.42 Å². The SMILES string of the molecule is C=CC(C)(CNC1CC1)Cc1ccc(F)c(Br)c1. The van der Waals surface area contributed by atoms with Crippen molar-refractivity contribution < 1.29 is 4.39 Å². The van der Waals surface area contributed by atoms with Crippen LogP contribution in [0.25, 0.3) is 0 Å². The van der Waals surface area contributed by atoms with Crippen molar-refractivity contribution in [2.24, 2.45) is 5.41 Å². The Morgan fingerprint density at radius 2 is 2.28 bits per heavy atom. The maximum atomic E-state index is 13.2. The van der Waals surface area contributed by atoms with Gasteiger partial charge in [-0.1, -0.05) is 19.1 Å². The van der Waals surface area contributed by atoms with E-state index in [0.29, 0.717) is 10.5 Å². The minimum absolute atomic E-state index is 0.0137. The number of hydrogen-bond acceptors (Lipinski definition) is 1. The molecule has 1 N–H and O–H groups in total. The molecule has 1 nitrogen and oxygen atoms in total. The van der Waals surface area contributed by atoms with E-state index in [1.165, 1.54) is 18.9 Å². The lowest BCUT2D eigenvalue weighted by Gasteiger charge is -2.26. The highest BCUT2D eigenvalue weighted by Crippen LogP contribution is 2.28. The van der Waals surface area contributed by atoms with Crippen LogP contribution in [0.15, 0.2) is 35.3 Å².